The van der Waals surface area contributed by atoms with E-state index in [4.69, 9.17) is 28.9 Å². The van der Waals surface area contributed by atoms with Crippen molar-refractivity contribution in [2.24, 2.45) is 11.7 Å². The molecule has 19 heavy (non-hydrogen) atoms. The van der Waals surface area contributed by atoms with Gasteiger partial charge in [0.2, 0.25) is 0 Å². The summed E-state index contributed by atoms with van der Waals surface area (Å²) < 4.78 is 0. The van der Waals surface area contributed by atoms with Crippen molar-refractivity contribution in [3.63, 3.8) is 0 Å². The summed E-state index contributed by atoms with van der Waals surface area (Å²) >= 11 is 11.8. The number of benzene rings is 1. The fourth-order valence-electron chi connectivity index (χ4n) is 2.44. The van der Waals surface area contributed by atoms with Crippen LogP contribution in [0.3, 0.4) is 0 Å². The van der Waals surface area contributed by atoms with E-state index in [1.54, 1.807) is 18.2 Å². The number of hydrogen-bond donors (Lipinski definition) is 1. The summed E-state index contributed by atoms with van der Waals surface area (Å²) in [6.07, 6.45) is 1.93. The van der Waals surface area contributed by atoms with Crippen LogP contribution >= 0.6 is 23.2 Å². The number of amides is 1. The van der Waals surface area contributed by atoms with E-state index in [1.807, 2.05) is 11.8 Å². The minimum absolute atomic E-state index is 0.0155. The maximum atomic E-state index is 12.3. The highest BCUT2D eigenvalue weighted by Crippen LogP contribution is 2.25. The average Bonchev–Trinajstić information content (AvgIpc) is 2.41. The van der Waals surface area contributed by atoms with Crippen LogP contribution in [0.15, 0.2) is 18.2 Å². The molecule has 1 aromatic carbocycles. The molecule has 104 valence electrons. The van der Waals surface area contributed by atoms with Gasteiger partial charge in [0.25, 0.3) is 5.91 Å². The third-order valence-electron chi connectivity index (χ3n) is 3.74. The zero-order valence-electron chi connectivity index (χ0n) is 10.9. The summed E-state index contributed by atoms with van der Waals surface area (Å²) in [6.45, 7) is 3.54. The number of halogens is 2. The highest BCUT2D eigenvalue weighted by molar-refractivity contribution is 6.42. The molecule has 0 radical (unpaired) electrons. The molecule has 5 heteroatoms. The van der Waals surface area contributed by atoms with Gasteiger partial charge in [0.15, 0.2) is 0 Å². The molecule has 0 bridgehead atoms. The summed E-state index contributed by atoms with van der Waals surface area (Å²) in [6, 6.07) is 5.20. The van der Waals surface area contributed by atoms with Crippen molar-refractivity contribution >= 4 is 29.1 Å². The molecule has 3 nitrogen and oxygen atoms in total. The summed E-state index contributed by atoms with van der Waals surface area (Å²) in [5, 5.41) is 0.881. The first kappa shape index (κ1) is 14.6. The smallest absolute Gasteiger partial charge is 0.253 e. The fraction of sp³-hybridized carbons (Fsp3) is 0.500. The van der Waals surface area contributed by atoms with Crippen molar-refractivity contribution in [1.29, 1.82) is 0 Å². The molecule has 0 aromatic heterocycles. The van der Waals surface area contributed by atoms with Gasteiger partial charge in [-0.15, -0.1) is 0 Å². The Morgan fingerprint density at radius 1 is 1.32 bits per heavy atom. The van der Waals surface area contributed by atoms with Crippen LogP contribution in [-0.4, -0.2) is 29.9 Å². The summed E-state index contributed by atoms with van der Waals surface area (Å²) in [4.78, 5) is 14.2. The first-order chi connectivity index (χ1) is 8.99. The molecule has 1 atom stereocenters. The lowest BCUT2D eigenvalue weighted by Gasteiger charge is -2.33. The van der Waals surface area contributed by atoms with Gasteiger partial charge in [-0.3, -0.25) is 4.79 Å². The van der Waals surface area contributed by atoms with Crippen LogP contribution in [0.1, 0.15) is 30.1 Å². The zero-order valence-corrected chi connectivity index (χ0v) is 12.4. The maximum Gasteiger partial charge on any atom is 0.253 e. The van der Waals surface area contributed by atoms with Crippen LogP contribution in [0.4, 0.5) is 0 Å². The minimum atomic E-state index is 0.0155. The van der Waals surface area contributed by atoms with Gasteiger partial charge in [0.05, 0.1) is 10.0 Å². The number of piperidine rings is 1. The Hall–Kier alpha value is -0.770. The van der Waals surface area contributed by atoms with Gasteiger partial charge in [0, 0.05) is 24.7 Å². The number of carbonyl (C=O) groups is 1. The number of rotatable bonds is 2. The Morgan fingerprint density at radius 2 is 1.95 bits per heavy atom. The number of nitrogens with two attached hydrogens (primary N) is 1. The molecule has 1 unspecified atom stereocenters. The van der Waals surface area contributed by atoms with E-state index in [0.29, 0.717) is 21.5 Å². The Morgan fingerprint density at radius 3 is 2.47 bits per heavy atom. The van der Waals surface area contributed by atoms with Crippen LogP contribution in [0, 0.1) is 5.92 Å². The van der Waals surface area contributed by atoms with Gasteiger partial charge < -0.3 is 10.6 Å². The monoisotopic (exact) mass is 300 g/mol. The lowest BCUT2D eigenvalue weighted by Crippen LogP contribution is -2.42. The van der Waals surface area contributed by atoms with Crippen molar-refractivity contribution < 1.29 is 4.79 Å². The van der Waals surface area contributed by atoms with E-state index < -0.39 is 0 Å². The Kier molecular flexibility index (Phi) is 4.71. The second-order valence-electron chi connectivity index (χ2n) is 5.12. The predicted octanol–water partition coefficient (Wildman–Crippen LogP) is 3.19. The zero-order chi connectivity index (χ0) is 14.0. The second kappa shape index (κ2) is 6.12. The highest BCUT2D eigenvalue weighted by atomic mass is 35.5. The third-order valence-corrected chi connectivity index (χ3v) is 4.48. The molecule has 0 spiro atoms. The Bertz CT molecular complexity index is 469. The fourth-order valence-corrected chi connectivity index (χ4v) is 2.74. The molecule has 1 aromatic rings. The Labute approximate surface area is 123 Å². The largest absolute Gasteiger partial charge is 0.339 e. The second-order valence-corrected chi connectivity index (χ2v) is 5.93. The normalized spacial score (nSPS) is 18.4. The SMILES string of the molecule is CC(N)C1CCN(C(=O)c2ccc(Cl)c(Cl)c2)CC1. The summed E-state index contributed by atoms with van der Waals surface area (Å²) in [5.41, 5.74) is 6.49. The molecule has 0 saturated carbocycles. The quantitative estimate of drug-likeness (QED) is 0.912. The number of hydrogen-bond acceptors (Lipinski definition) is 2. The van der Waals surface area contributed by atoms with Crippen LogP contribution < -0.4 is 5.73 Å². The van der Waals surface area contributed by atoms with E-state index in [2.05, 4.69) is 0 Å². The van der Waals surface area contributed by atoms with Crippen molar-refractivity contribution in [3.05, 3.63) is 33.8 Å². The van der Waals surface area contributed by atoms with Gasteiger partial charge in [0.1, 0.15) is 0 Å². The van der Waals surface area contributed by atoms with Crippen molar-refractivity contribution in [2.75, 3.05) is 13.1 Å². The molecule has 1 heterocycles. The molecule has 1 amide bonds. The number of likely N-dealkylation sites (tertiary alicyclic amines) is 1. The number of carbonyl (C=O) groups excluding carboxylic acids is 1. The van der Waals surface area contributed by atoms with Crippen molar-refractivity contribution in [3.8, 4) is 0 Å². The van der Waals surface area contributed by atoms with Gasteiger partial charge in [-0.05, 0) is 43.9 Å². The molecule has 1 aliphatic heterocycles. The van der Waals surface area contributed by atoms with Crippen molar-refractivity contribution in [2.45, 2.75) is 25.8 Å². The summed E-state index contributed by atoms with van der Waals surface area (Å²) in [5.74, 6) is 0.527. The molecular weight excluding hydrogens is 283 g/mol. The van der Waals surface area contributed by atoms with E-state index in [-0.39, 0.29) is 11.9 Å². The topological polar surface area (TPSA) is 46.3 Å². The molecular formula is C14H18Cl2N2O. The first-order valence-corrected chi connectivity index (χ1v) is 7.24. The standard InChI is InChI=1S/C14H18Cl2N2O/c1-9(17)10-4-6-18(7-5-10)14(19)11-2-3-12(15)13(16)8-11/h2-3,8-10H,4-7,17H2,1H3. The predicted molar refractivity (Wildman–Crippen MR) is 78.7 cm³/mol. The van der Waals surface area contributed by atoms with Gasteiger partial charge in [-0.2, -0.15) is 0 Å². The number of nitrogens with zero attached hydrogens (tertiary/aromatic N) is 1. The Balaban J connectivity index is 2.03. The lowest BCUT2D eigenvalue weighted by molar-refractivity contribution is 0.0681. The van der Waals surface area contributed by atoms with E-state index in [0.717, 1.165) is 25.9 Å². The van der Waals surface area contributed by atoms with E-state index in [1.165, 1.54) is 0 Å². The maximum absolute atomic E-state index is 12.3. The van der Waals surface area contributed by atoms with Gasteiger partial charge in [-0.25, -0.2) is 0 Å². The molecule has 1 saturated heterocycles. The van der Waals surface area contributed by atoms with Gasteiger partial charge in [-0.1, -0.05) is 23.2 Å². The van der Waals surface area contributed by atoms with Crippen LogP contribution in [0.5, 0.6) is 0 Å². The molecule has 0 aliphatic carbocycles. The molecule has 2 N–H and O–H groups in total. The molecule has 1 aliphatic rings. The minimum Gasteiger partial charge on any atom is -0.339 e. The third kappa shape index (κ3) is 3.41. The van der Waals surface area contributed by atoms with Crippen molar-refractivity contribution in [1.82, 2.24) is 4.90 Å². The first-order valence-electron chi connectivity index (χ1n) is 6.49. The van der Waals surface area contributed by atoms with E-state index >= 15 is 0 Å². The van der Waals surface area contributed by atoms with Crippen LogP contribution in [0.25, 0.3) is 0 Å². The van der Waals surface area contributed by atoms with E-state index in [9.17, 15) is 4.79 Å². The molecule has 1 fully saturated rings. The molecule has 2 rings (SSSR count). The lowest BCUT2D eigenvalue weighted by atomic mass is 9.90. The average molecular weight is 301 g/mol. The van der Waals surface area contributed by atoms with Crippen LogP contribution in [-0.2, 0) is 0 Å². The highest BCUT2D eigenvalue weighted by Gasteiger charge is 2.25. The van der Waals surface area contributed by atoms with Gasteiger partial charge >= 0.3 is 0 Å². The summed E-state index contributed by atoms with van der Waals surface area (Å²) in [7, 11) is 0. The van der Waals surface area contributed by atoms with Crippen LogP contribution in [0.2, 0.25) is 10.0 Å².